The third kappa shape index (κ3) is 3.39. The number of carbonyl (C=O) groups is 2. The van der Waals surface area contributed by atoms with Gasteiger partial charge in [0.1, 0.15) is 6.42 Å². The number of carbonyl (C=O) groups excluding carboxylic acids is 2. The number of nitrogens with two attached hydrogens (primary N) is 1. The second-order valence-electron chi connectivity index (χ2n) is 3.00. The van der Waals surface area contributed by atoms with Crippen LogP contribution in [0.2, 0.25) is 0 Å². The zero-order chi connectivity index (χ0) is 9.68. The van der Waals surface area contributed by atoms with Crippen LogP contribution in [0.1, 0.15) is 12.8 Å². The topological polar surface area (TPSA) is 96.2 Å². The minimum atomic E-state index is -0.469. The molecule has 0 radical (unpaired) electrons. The zero-order valence-corrected chi connectivity index (χ0v) is 7.30. The van der Waals surface area contributed by atoms with Gasteiger partial charge in [-0.15, -0.1) is 0 Å². The molecule has 1 rings (SSSR count). The first kappa shape index (κ1) is 9.94. The van der Waals surface area contributed by atoms with Gasteiger partial charge in [-0.3, -0.25) is 15.0 Å². The molecule has 0 bridgehead atoms. The van der Waals surface area contributed by atoms with E-state index in [4.69, 9.17) is 5.84 Å². The van der Waals surface area contributed by atoms with E-state index in [1.54, 1.807) is 0 Å². The Morgan fingerprint density at radius 3 is 2.77 bits per heavy atom. The minimum Gasteiger partial charge on any atom is -0.352 e. The predicted octanol–water partition coefficient (Wildman–Crippen LogP) is -2.16. The normalized spacial score (nSPS) is 21.2. The van der Waals surface area contributed by atoms with E-state index in [9.17, 15) is 9.59 Å². The van der Waals surface area contributed by atoms with E-state index in [0.29, 0.717) is 0 Å². The van der Waals surface area contributed by atoms with Gasteiger partial charge in [0.25, 0.3) is 0 Å². The number of hydrazine groups is 1. The summed E-state index contributed by atoms with van der Waals surface area (Å²) in [7, 11) is 0. The van der Waals surface area contributed by atoms with E-state index in [2.05, 4.69) is 10.6 Å². The lowest BCUT2D eigenvalue weighted by Crippen LogP contribution is -2.40. The van der Waals surface area contributed by atoms with E-state index < -0.39 is 5.91 Å². The van der Waals surface area contributed by atoms with E-state index >= 15 is 0 Å². The van der Waals surface area contributed by atoms with Crippen molar-refractivity contribution in [3.8, 4) is 0 Å². The number of rotatable bonds is 3. The maximum absolute atomic E-state index is 11.1. The summed E-state index contributed by atoms with van der Waals surface area (Å²) in [4.78, 5) is 21.8. The molecule has 5 N–H and O–H groups in total. The first-order valence-electron chi connectivity index (χ1n) is 4.22. The van der Waals surface area contributed by atoms with Crippen LogP contribution in [-0.4, -0.2) is 30.9 Å². The van der Waals surface area contributed by atoms with Gasteiger partial charge >= 0.3 is 0 Å². The van der Waals surface area contributed by atoms with Crippen LogP contribution in [0, 0.1) is 0 Å². The van der Waals surface area contributed by atoms with Gasteiger partial charge in [0.2, 0.25) is 11.8 Å². The molecule has 0 spiro atoms. The van der Waals surface area contributed by atoms with Gasteiger partial charge in [-0.2, -0.15) is 0 Å². The van der Waals surface area contributed by atoms with Crippen molar-refractivity contribution in [2.45, 2.75) is 18.9 Å². The lowest BCUT2D eigenvalue weighted by molar-refractivity contribution is -0.129. The molecular formula is C7H14N4O2. The molecule has 6 nitrogen and oxygen atoms in total. The maximum atomic E-state index is 11.1. The standard InChI is InChI=1S/C7H14N4O2/c8-11-7(13)3-6(12)10-5-1-2-9-4-5/h5,9H,1-4,8H2,(H,10,12)(H,11,13). The van der Waals surface area contributed by atoms with Crippen molar-refractivity contribution in [3.63, 3.8) is 0 Å². The van der Waals surface area contributed by atoms with Crippen molar-refractivity contribution in [3.05, 3.63) is 0 Å². The summed E-state index contributed by atoms with van der Waals surface area (Å²) in [6.45, 7) is 1.68. The fourth-order valence-electron chi connectivity index (χ4n) is 1.25. The summed E-state index contributed by atoms with van der Waals surface area (Å²) < 4.78 is 0. The van der Waals surface area contributed by atoms with E-state index in [1.807, 2.05) is 5.43 Å². The fourth-order valence-corrected chi connectivity index (χ4v) is 1.25. The maximum Gasteiger partial charge on any atom is 0.243 e. The quantitative estimate of drug-likeness (QED) is 0.175. The monoisotopic (exact) mass is 186 g/mol. The summed E-state index contributed by atoms with van der Waals surface area (Å²) in [6, 6.07) is 0.151. The second kappa shape index (κ2) is 4.78. The lowest BCUT2D eigenvalue weighted by Gasteiger charge is -2.10. The molecule has 1 unspecified atom stereocenters. The van der Waals surface area contributed by atoms with Crippen LogP contribution in [0.3, 0.4) is 0 Å². The molecule has 13 heavy (non-hydrogen) atoms. The Bertz CT molecular complexity index is 201. The summed E-state index contributed by atoms with van der Waals surface area (Å²) in [5, 5.41) is 5.83. The van der Waals surface area contributed by atoms with Crippen molar-refractivity contribution >= 4 is 11.8 Å². The van der Waals surface area contributed by atoms with Crippen LogP contribution in [0.5, 0.6) is 0 Å². The smallest absolute Gasteiger partial charge is 0.243 e. The van der Waals surface area contributed by atoms with Crippen molar-refractivity contribution in [2.75, 3.05) is 13.1 Å². The third-order valence-corrected chi connectivity index (χ3v) is 1.91. The Morgan fingerprint density at radius 2 is 2.23 bits per heavy atom. The Kier molecular flexibility index (Phi) is 3.66. The van der Waals surface area contributed by atoms with Crippen LogP contribution in [0.25, 0.3) is 0 Å². The summed E-state index contributed by atoms with van der Waals surface area (Å²) in [5.74, 6) is 4.09. The molecule has 74 valence electrons. The Hall–Kier alpha value is -1.14. The predicted molar refractivity (Wildman–Crippen MR) is 46.4 cm³/mol. The average molecular weight is 186 g/mol. The molecular weight excluding hydrogens is 172 g/mol. The first-order valence-corrected chi connectivity index (χ1v) is 4.22. The van der Waals surface area contributed by atoms with Gasteiger partial charge in [-0.25, -0.2) is 5.84 Å². The van der Waals surface area contributed by atoms with Gasteiger partial charge < -0.3 is 10.6 Å². The number of hydrogen-bond donors (Lipinski definition) is 4. The molecule has 1 atom stereocenters. The molecule has 2 amide bonds. The Balaban J connectivity index is 2.20. The molecule has 1 saturated heterocycles. The molecule has 6 heteroatoms. The molecule has 0 aliphatic carbocycles. The third-order valence-electron chi connectivity index (χ3n) is 1.91. The number of amides is 2. The van der Waals surface area contributed by atoms with Crippen LogP contribution < -0.4 is 21.9 Å². The van der Waals surface area contributed by atoms with Gasteiger partial charge in [-0.05, 0) is 13.0 Å². The second-order valence-corrected chi connectivity index (χ2v) is 3.00. The Labute approximate surface area is 76.2 Å². The molecule has 0 aromatic heterocycles. The van der Waals surface area contributed by atoms with Crippen molar-refractivity contribution in [1.29, 1.82) is 0 Å². The minimum absolute atomic E-state index is 0.151. The molecule has 0 aromatic rings. The van der Waals surface area contributed by atoms with E-state index in [-0.39, 0.29) is 18.4 Å². The highest BCUT2D eigenvalue weighted by molar-refractivity contribution is 5.96. The molecule has 1 aliphatic heterocycles. The molecule has 1 aliphatic rings. The van der Waals surface area contributed by atoms with Crippen molar-refractivity contribution in [1.82, 2.24) is 16.1 Å². The molecule has 1 heterocycles. The highest BCUT2D eigenvalue weighted by Gasteiger charge is 2.17. The first-order chi connectivity index (χ1) is 6.22. The summed E-state index contributed by atoms with van der Waals surface area (Å²) >= 11 is 0. The SMILES string of the molecule is NNC(=O)CC(=O)NC1CCNC1. The van der Waals surface area contributed by atoms with E-state index in [0.717, 1.165) is 19.5 Å². The van der Waals surface area contributed by atoms with Gasteiger partial charge in [-0.1, -0.05) is 0 Å². The largest absolute Gasteiger partial charge is 0.352 e. The highest BCUT2D eigenvalue weighted by Crippen LogP contribution is 1.97. The Morgan fingerprint density at radius 1 is 1.46 bits per heavy atom. The fraction of sp³-hybridized carbons (Fsp3) is 0.714. The van der Waals surface area contributed by atoms with Crippen LogP contribution in [0.15, 0.2) is 0 Å². The van der Waals surface area contributed by atoms with Crippen molar-refractivity contribution < 1.29 is 9.59 Å². The summed E-state index contributed by atoms with van der Waals surface area (Å²) in [6.07, 6.45) is 0.711. The van der Waals surface area contributed by atoms with Crippen LogP contribution in [0.4, 0.5) is 0 Å². The van der Waals surface area contributed by atoms with E-state index in [1.165, 1.54) is 0 Å². The molecule has 0 saturated carbocycles. The highest BCUT2D eigenvalue weighted by atomic mass is 16.2. The summed E-state index contributed by atoms with van der Waals surface area (Å²) in [5.41, 5.74) is 1.91. The van der Waals surface area contributed by atoms with Crippen LogP contribution >= 0.6 is 0 Å². The lowest BCUT2D eigenvalue weighted by atomic mass is 10.2. The molecule has 1 fully saturated rings. The van der Waals surface area contributed by atoms with Gasteiger partial charge in [0.15, 0.2) is 0 Å². The van der Waals surface area contributed by atoms with Gasteiger partial charge in [0.05, 0.1) is 0 Å². The number of nitrogens with one attached hydrogen (secondary N) is 3. The van der Waals surface area contributed by atoms with Crippen LogP contribution in [-0.2, 0) is 9.59 Å². The number of hydrogen-bond acceptors (Lipinski definition) is 4. The average Bonchev–Trinajstić information content (AvgIpc) is 2.56. The van der Waals surface area contributed by atoms with Crippen molar-refractivity contribution in [2.24, 2.45) is 5.84 Å². The molecule has 0 aromatic carbocycles. The zero-order valence-electron chi connectivity index (χ0n) is 7.30. The van der Waals surface area contributed by atoms with Gasteiger partial charge in [0, 0.05) is 12.6 Å².